The van der Waals surface area contributed by atoms with Crippen LogP contribution in [0.5, 0.6) is 0 Å². The Morgan fingerprint density at radius 1 is 1.24 bits per heavy atom. The van der Waals surface area contributed by atoms with E-state index in [1.807, 2.05) is 41.8 Å². The third-order valence-corrected chi connectivity index (χ3v) is 3.60. The predicted octanol–water partition coefficient (Wildman–Crippen LogP) is 4.16. The minimum Gasteiger partial charge on any atom is -0.321 e. The van der Waals surface area contributed by atoms with Gasteiger partial charge < -0.3 is 5.32 Å². The van der Waals surface area contributed by atoms with Crippen LogP contribution >= 0.6 is 27.3 Å². The first-order valence-electron chi connectivity index (χ1n) is 5.03. The molecule has 2 rings (SSSR count). The third kappa shape index (κ3) is 3.54. The molecule has 1 amide bonds. The van der Waals surface area contributed by atoms with Gasteiger partial charge in [-0.25, -0.2) is 0 Å². The van der Waals surface area contributed by atoms with Gasteiger partial charge in [0.2, 0.25) is 5.91 Å². The van der Waals surface area contributed by atoms with E-state index in [0.29, 0.717) is 0 Å². The van der Waals surface area contributed by atoms with Crippen LogP contribution in [0.2, 0.25) is 0 Å². The molecule has 0 aliphatic rings. The van der Waals surface area contributed by atoms with Gasteiger partial charge in [0.1, 0.15) is 0 Å². The van der Waals surface area contributed by atoms with Crippen molar-refractivity contribution in [1.82, 2.24) is 0 Å². The molecule has 2 aromatic rings. The number of amides is 1. The SMILES string of the molecule is O=C(/C=C/c1cccs1)Nc1ccccc1Br. The predicted molar refractivity (Wildman–Crippen MR) is 76.1 cm³/mol. The Hall–Kier alpha value is -1.39. The zero-order valence-electron chi connectivity index (χ0n) is 8.89. The lowest BCUT2D eigenvalue weighted by Gasteiger charge is -2.03. The van der Waals surface area contributed by atoms with Gasteiger partial charge in [0.25, 0.3) is 0 Å². The van der Waals surface area contributed by atoms with Crippen LogP contribution in [-0.2, 0) is 4.79 Å². The second kappa shape index (κ2) is 5.80. The van der Waals surface area contributed by atoms with Crippen LogP contribution in [0.1, 0.15) is 4.88 Å². The molecular formula is C13H10BrNOS. The zero-order valence-corrected chi connectivity index (χ0v) is 11.3. The van der Waals surface area contributed by atoms with Crippen molar-refractivity contribution < 1.29 is 4.79 Å². The van der Waals surface area contributed by atoms with Crippen molar-refractivity contribution in [3.8, 4) is 0 Å². The number of nitrogens with one attached hydrogen (secondary N) is 1. The molecule has 0 aliphatic heterocycles. The molecule has 1 heterocycles. The molecule has 1 aromatic carbocycles. The summed E-state index contributed by atoms with van der Waals surface area (Å²) in [6.07, 6.45) is 3.34. The molecule has 17 heavy (non-hydrogen) atoms. The van der Waals surface area contributed by atoms with Gasteiger partial charge in [-0.2, -0.15) is 0 Å². The lowest BCUT2D eigenvalue weighted by Crippen LogP contribution is -2.07. The smallest absolute Gasteiger partial charge is 0.248 e. The maximum Gasteiger partial charge on any atom is 0.248 e. The highest BCUT2D eigenvalue weighted by molar-refractivity contribution is 9.10. The summed E-state index contributed by atoms with van der Waals surface area (Å²) >= 11 is 4.98. The van der Waals surface area contributed by atoms with Crippen molar-refractivity contribution >= 4 is 44.9 Å². The summed E-state index contributed by atoms with van der Waals surface area (Å²) in [7, 11) is 0. The number of rotatable bonds is 3. The van der Waals surface area contributed by atoms with Crippen LogP contribution in [0.15, 0.2) is 52.3 Å². The average molecular weight is 308 g/mol. The lowest BCUT2D eigenvalue weighted by atomic mass is 10.3. The molecule has 0 saturated carbocycles. The van der Waals surface area contributed by atoms with Gasteiger partial charge in [-0.1, -0.05) is 18.2 Å². The van der Waals surface area contributed by atoms with Crippen LogP contribution in [0, 0.1) is 0 Å². The van der Waals surface area contributed by atoms with Gasteiger partial charge in [0, 0.05) is 15.4 Å². The maximum absolute atomic E-state index is 11.6. The second-order valence-corrected chi connectivity index (χ2v) is 5.15. The molecule has 2 nitrogen and oxygen atoms in total. The van der Waals surface area contributed by atoms with Gasteiger partial charge in [0.05, 0.1) is 5.69 Å². The summed E-state index contributed by atoms with van der Waals surface area (Å²) in [6.45, 7) is 0. The molecule has 86 valence electrons. The topological polar surface area (TPSA) is 29.1 Å². The van der Waals surface area contributed by atoms with E-state index < -0.39 is 0 Å². The third-order valence-electron chi connectivity index (χ3n) is 2.07. The number of carbonyl (C=O) groups excluding carboxylic acids is 1. The van der Waals surface area contributed by atoms with E-state index in [2.05, 4.69) is 21.2 Å². The van der Waals surface area contributed by atoms with Crippen LogP contribution in [0.25, 0.3) is 6.08 Å². The largest absolute Gasteiger partial charge is 0.321 e. The molecule has 0 aliphatic carbocycles. The highest BCUT2D eigenvalue weighted by atomic mass is 79.9. The molecule has 0 saturated heterocycles. The van der Waals surface area contributed by atoms with Crippen LogP contribution in [0.4, 0.5) is 5.69 Å². The Kier molecular flexibility index (Phi) is 4.12. The summed E-state index contributed by atoms with van der Waals surface area (Å²) in [4.78, 5) is 12.7. The summed E-state index contributed by atoms with van der Waals surface area (Å²) in [6, 6.07) is 11.4. The first kappa shape index (κ1) is 12.1. The van der Waals surface area contributed by atoms with Gasteiger partial charge in [-0.15, -0.1) is 11.3 Å². The summed E-state index contributed by atoms with van der Waals surface area (Å²) in [5, 5.41) is 4.78. The quantitative estimate of drug-likeness (QED) is 0.848. The Morgan fingerprint density at radius 3 is 2.76 bits per heavy atom. The second-order valence-electron chi connectivity index (χ2n) is 3.32. The molecule has 0 atom stereocenters. The standard InChI is InChI=1S/C13H10BrNOS/c14-11-5-1-2-6-12(11)15-13(16)8-7-10-4-3-9-17-10/h1-9H,(H,15,16)/b8-7+. The fourth-order valence-corrected chi connectivity index (χ4v) is 2.28. The zero-order chi connectivity index (χ0) is 12.1. The Balaban J connectivity index is 2.01. The van der Waals surface area contributed by atoms with Crippen molar-refractivity contribution in [2.24, 2.45) is 0 Å². The minimum atomic E-state index is -0.134. The summed E-state index contributed by atoms with van der Waals surface area (Å²) < 4.78 is 0.873. The number of halogens is 1. The van der Waals surface area contributed by atoms with Gasteiger partial charge in [-0.05, 0) is 45.6 Å². The van der Waals surface area contributed by atoms with E-state index in [9.17, 15) is 4.79 Å². The fourth-order valence-electron chi connectivity index (χ4n) is 1.28. The normalized spacial score (nSPS) is 10.6. The van der Waals surface area contributed by atoms with Crippen LogP contribution in [-0.4, -0.2) is 5.91 Å². The van der Waals surface area contributed by atoms with Crippen molar-refractivity contribution in [3.63, 3.8) is 0 Å². The number of benzene rings is 1. The van der Waals surface area contributed by atoms with Crippen molar-refractivity contribution in [2.75, 3.05) is 5.32 Å². The summed E-state index contributed by atoms with van der Waals surface area (Å²) in [5.41, 5.74) is 0.772. The number of thiophene rings is 1. The highest BCUT2D eigenvalue weighted by Crippen LogP contribution is 2.21. The number of hydrogen-bond acceptors (Lipinski definition) is 2. The number of carbonyl (C=O) groups is 1. The van der Waals surface area contributed by atoms with E-state index in [1.165, 1.54) is 6.08 Å². The Morgan fingerprint density at radius 2 is 2.06 bits per heavy atom. The monoisotopic (exact) mass is 307 g/mol. The molecule has 0 unspecified atom stereocenters. The number of hydrogen-bond donors (Lipinski definition) is 1. The van der Waals surface area contributed by atoms with Crippen molar-refractivity contribution in [3.05, 3.63) is 57.2 Å². The molecule has 1 aromatic heterocycles. The molecule has 0 radical (unpaired) electrons. The van der Waals surface area contributed by atoms with Gasteiger partial charge in [-0.3, -0.25) is 4.79 Å². The van der Waals surface area contributed by atoms with Crippen molar-refractivity contribution in [2.45, 2.75) is 0 Å². The summed E-state index contributed by atoms with van der Waals surface area (Å²) in [5.74, 6) is -0.134. The Bertz CT molecular complexity index is 534. The lowest BCUT2D eigenvalue weighted by molar-refractivity contribution is -0.111. The maximum atomic E-state index is 11.6. The van der Waals surface area contributed by atoms with E-state index in [0.717, 1.165) is 15.0 Å². The Labute approximate surface area is 112 Å². The number of anilines is 1. The average Bonchev–Trinajstić information content (AvgIpc) is 2.82. The molecular weight excluding hydrogens is 298 g/mol. The van der Waals surface area contributed by atoms with Crippen molar-refractivity contribution in [1.29, 1.82) is 0 Å². The minimum absolute atomic E-state index is 0.134. The van der Waals surface area contributed by atoms with E-state index in [1.54, 1.807) is 17.4 Å². The first-order valence-corrected chi connectivity index (χ1v) is 6.70. The highest BCUT2D eigenvalue weighted by Gasteiger charge is 2.01. The molecule has 4 heteroatoms. The fraction of sp³-hybridized carbons (Fsp3) is 0. The molecule has 0 fully saturated rings. The molecule has 0 bridgehead atoms. The van der Waals surface area contributed by atoms with Crippen LogP contribution < -0.4 is 5.32 Å². The molecule has 0 spiro atoms. The van der Waals surface area contributed by atoms with E-state index in [-0.39, 0.29) is 5.91 Å². The van der Waals surface area contributed by atoms with E-state index >= 15 is 0 Å². The number of para-hydroxylation sites is 1. The van der Waals surface area contributed by atoms with Crippen LogP contribution in [0.3, 0.4) is 0 Å². The van der Waals surface area contributed by atoms with E-state index in [4.69, 9.17) is 0 Å². The molecule has 1 N–H and O–H groups in total. The van der Waals surface area contributed by atoms with Gasteiger partial charge >= 0.3 is 0 Å². The van der Waals surface area contributed by atoms with Gasteiger partial charge in [0.15, 0.2) is 0 Å². The first-order chi connectivity index (χ1) is 8.25.